The molecule has 260 valence electrons. The predicted octanol–water partition coefficient (Wildman–Crippen LogP) is 13.5. The molecular weight excluding hydrogens is 552 g/mol. The van der Waals surface area contributed by atoms with Crippen molar-refractivity contribution in [2.45, 2.75) is 207 Å². The van der Waals surface area contributed by atoms with Gasteiger partial charge in [-0.25, -0.2) is 4.79 Å². The lowest BCUT2D eigenvalue weighted by Crippen LogP contribution is -2.50. The Labute approximate surface area is 279 Å². The van der Waals surface area contributed by atoms with E-state index in [-0.39, 0.29) is 6.10 Å². The molecule has 4 aliphatic rings. The van der Waals surface area contributed by atoms with Crippen LogP contribution in [0.25, 0.3) is 0 Å². The van der Waals surface area contributed by atoms with Crippen LogP contribution in [0.3, 0.4) is 0 Å². The molecule has 4 rings (SSSR count). The largest absolute Gasteiger partial charge is 0.508 e. The van der Waals surface area contributed by atoms with Crippen LogP contribution in [-0.4, -0.2) is 18.9 Å². The summed E-state index contributed by atoms with van der Waals surface area (Å²) in [5.74, 6) is 3.56. The molecule has 3 heteroatoms. The summed E-state index contributed by atoms with van der Waals surface area (Å²) in [6.45, 7) is 10.4. The Morgan fingerprint density at radius 2 is 1.31 bits per heavy atom. The summed E-state index contributed by atoms with van der Waals surface area (Å²) in [6, 6.07) is 0. The van der Waals surface area contributed by atoms with E-state index in [4.69, 9.17) is 9.47 Å². The van der Waals surface area contributed by atoms with Crippen molar-refractivity contribution >= 4 is 6.16 Å². The van der Waals surface area contributed by atoms with E-state index in [1.165, 1.54) is 148 Å². The molecule has 0 bridgehead atoms. The predicted molar refractivity (Wildman–Crippen MR) is 190 cm³/mol. The Balaban J connectivity index is 1.12. The molecule has 45 heavy (non-hydrogen) atoms. The normalized spacial score (nSPS) is 32.4. The lowest BCUT2D eigenvalue weighted by atomic mass is 9.47. The van der Waals surface area contributed by atoms with Crippen molar-refractivity contribution < 1.29 is 14.3 Å². The molecule has 0 spiro atoms. The molecule has 0 aromatic heterocycles. The smallest absolute Gasteiger partial charge is 0.434 e. The lowest BCUT2D eigenvalue weighted by molar-refractivity contribution is -0.0563. The minimum atomic E-state index is -0.434. The van der Waals surface area contributed by atoms with Crippen LogP contribution < -0.4 is 0 Å². The minimum absolute atomic E-state index is 0.00242. The van der Waals surface area contributed by atoms with Crippen molar-refractivity contribution in [3.63, 3.8) is 0 Å². The van der Waals surface area contributed by atoms with Gasteiger partial charge in [0.2, 0.25) is 0 Å². The maximum absolute atomic E-state index is 12.5. The van der Waals surface area contributed by atoms with Crippen LogP contribution >= 0.6 is 0 Å². The Kier molecular flexibility index (Phi) is 15.7. The van der Waals surface area contributed by atoms with E-state index in [9.17, 15) is 4.79 Å². The molecule has 0 heterocycles. The maximum Gasteiger partial charge on any atom is 0.508 e. The number of hydrogen-bond acceptors (Lipinski definition) is 3. The molecule has 3 saturated carbocycles. The number of ether oxygens (including phenoxy) is 2. The summed E-state index contributed by atoms with van der Waals surface area (Å²) in [6.07, 6.45) is 38.1. The zero-order valence-corrected chi connectivity index (χ0v) is 30.5. The zero-order chi connectivity index (χ0) is 32.0. The molecule has 3 fully saturated rings. The monoisotopic (exact) mass is 627 g/mol. The molecule has 0 N–H and O–H groups in total. The summed E-state index contributed by atoms with van der Waals surface area (Å²) >= 11 is 0. The third-order valence-electron chi connectivity index (χ3n) is 13.6. The Morgan fingerprint density at radius 1 is 0.711 bits per heavy atom. The zero-order valence-electron chi connectivity index (χ0n) is 30.5. The summed E-state index contributed by atoms with van der Waals surface area (Å²) in [5, 5.41) is 0. The van der Waals surface area contributed by atoms with Gasteiger partial charge in [0.25, 0.3) is 0 Å². The van der Waals surface area contributed by atoms with E-state index in [0.717, 1.165) is 49.4 Å². The summed E-state index contributed by atoms with van der Waals surface area (Å²) in [7, 11) is 0. The number of rotatable bonds is 21. The van der Waals surface area contributed by atoms with Gasteiger partial charge in [-0.15, -0.1) is 0 Å². The number of hydrogen-bond donors (Lipinski definition) is 0. The highest BCUT2D eigenvalue weighted by Crippen LogP contribution is 2.66. The van der Waals surface area contributed by atoms with Gasteiger partial charge in [-0.3, -0.25) is 0 Å². The first-order chi connectivity index (χ1) is 21.9. The van der Waals surface area contributed by atoms with Crippen LogP contribution in [-0.2, 0) is 9.47 Å². The summed E-state index contributed by atoms with van der Waals surface area (Å²) < 4.78 is 11.4. The van der Waals surface area contributed by atoms with Crippen LogP contribution in [0.4, 0.5) is 4.79 Å². The number of carbonyl (C=O) groups excluding carboxylic acids is 1. The van der Waals surface area contributed by atoms with Gasteiger partial charge in [-0.2, -0.15) is 0 Å². The maximum atomic E-state index is 12.5. The van der Waals surface area contributed by atoms with Crippen molar-refractivity contribution in [2.75, 3.05) is 6.61 Å². The molecular formula is C42H74O3. The molecule has 0 aromatic carbocycles. The first kappa shape index (κ1) is 36.8. The van der Waals surface area contributed by atoms with Gasteiger partial charge in [0.1, 0.15) is 6.10 Å². The highest BCUT2D eigenvalue weighted by atomic mass is 16.7. The highest BCUT2D eigenvalue weighted by Gasteiger charge is 2.58. The molecule has 7 atom stereocenters. The van der Waals surface area contributed by atoms with E-state index in [0.29, 0.717) is 17.4 Å². The number of allylic oxidation sites excluding steroid dienone is 1. The first-order valence-electron chi connectivity index (χ1n) is 20.4. The molecule has 3 nitrogen and oxygen atoms in total. The highest BCUT2D eigenvalue weighted by molar-refractivity contribution is 5.60. The van der Waals surface area contributed by atoms with Crippen molar-refractivity contribution in [3.05, 3.63) is 11.6 Å². The number of unbranched alkanes of at least 4 members (excludes halogenated alkanes) is 16. The van der Waals surface area contributed by atoms with E-state index in [1.54, 1.807) is 5.57 Å². The van der Waals surface area contributed by atoms with Crippen molar-refractivity contribution in [3.8, 4) is 0 Å². The molecule has 4 aliphatic carbocycles. The molecule has 0 aromatic rings. The van der Waals surface area contributed by atoms with Crippen molar-refractivity contribution in [2.24, 2.45) is 34.5 Å². The quantitative estimate of drug-likeness (QED) is 0.0722. The fourth-order valence-corrected chi connectivity index (χ4v) is 10.8. The SMILES string of the molecule is CCCCCCCCCCCCCCOC(=O)OC1CCC2(C)C(=CCC3C2CCC2(C)C(CCCCCCCC)CCC32)C1. The minimum Gasteiger partial charge on any atom is -0.434 e. The average Bonchev–Trinajstić information content (AvgIpc) is 3.37. The van der Waals surface area contributed by atoms with Crippen molar-refractivity contribution in [1.29, 1.82) is 0 Å². The second kappa shape index (κ2) is 19.1. The van der Waals surface area contributed by atoms with Crippen LogP contribution in [0.1, 0.15) is 201 Å². The van der Waals surface area contributed by atoms with Gasteiger partial charge in [0.05, 0.1) is 6.61 Å². The molecule has 0 amide bonds. The van der Waals surface area contributed by atoms with E-state index < -0.39 is 6.16 Å². The summed E-state index contributed by atoms with van der Waals surface area (Å²) in [4.78, 5) is 12.5. The third kappa shape index (κ3) is 10.2. The van der Waals surface area contributed by atoms with Crippen molar-refractivity contribution in [1.82, 2.24) is 0 Å². The Morgan fingerprint density at radius 3 is 1.96 bits per heavy atom. The second-order valence-corrected chi connectivity index (χ2v) is 16.6. The molecule has 0 saturated heterocycles. The van der Waals surface area contributed by atoms with E-state index in [2.05, 4.69) is 33.8 Å². The summed E-state index contributed by atoms with van der Waals surface area (Å²) in [5.41, 5.74) is 2.48. The fraction of sp³-hybridized carbons (Fsp3) is 0.929. The molecule has 0 radical (unpaired) electrons. The van der Waals surface area contributed by atoms with Gasteiger partial charge in [-0.05, 0) is 92.3 Å². The van der Waals surface area contributed by atoms with Gasteiger partial charge < -0.3 is 9.47 Å². The molecule has 7 unspecified atom stereocenters. The second-order valence-electron chi connectivity index (χ2n) is 16.6. The van der Waals surface area contributed by atoms with Gasteiger partial charge in [0, 0.05) is 6.42 Å². The number of fused-ring (bicyclic) bond motifs is 5. The van der Waals surface area contributed by atoms with Gasteiger partial charge in [-0.1, -0.05) is 148 Å². The fourth-order valence-electron chi connectivity index (χ4n) is 10.8. The first-order valence-corrected chi connectivity index (χ1v) is 20.4. The van der Waals surface area contributed by atoms with Gasteiger partial charge >= 0.3 is 6.16 Å². The van der Waals surface area contributed by atoms with Gasteiger partial charge in [0.15, 0.2) is 0 Å². The molecule has 0 aliphatic heterocycles. The Hall–Kier alpha value is -0.990. The van der Waals surface area contributed by atoms with E-state index >= 15 is 0 Å². The lowest BCUT2D eigenvalue weighted by Gasteiger charge is -2.58. The van der Waals surface area contributed by atoms with Crippen LogP contribution in [0.2, 0.25) is 0 Å². The average molecular weight is 627 g/mol. The Bertz CT molecular complexity index is 879. The van der Waals surface area contributed by atoms with Crippen LogP contribution in [0, 0.1) is 34.5 Å². The van der Waals surface area contributed by atoms with Crippen LogP contribution in [0.5, 0.6) is 0 Å². The topological polar surface area (TPSA) is 35.5 Å². The number of carbonyl (C=O) groups is 1. The standard InChI is InChI=1S/C42H74O3/c1-5-7-9-11-13-14-15-16-17-18-20-22-32-44-40(43)45-36-28-30-42(4)35(33-36)24-26-37-38-27-25-34(23-21-19-12-10-8-6-2)41(38,3)31-29-39(37)42/h24,34,36-39H,5-23,25-33H2,1-4H3. The van der Waals surface area contributed by atoms with E-state index in [1.807, 2.05) is 0 Å². The van der Waals surface area contributed by atoms with Crippen LogP contribution in [0.15, 0.2) is 11.6 Å². The third-order valence-corrected chi connectivity index (χ3v) is 13.6.